The molecular formula is C19H27N5O2. The summed E-state index contributed by atoms with van der Waals surface area (Å²) in [6.07, 6.45) is 4.29. The summed E-state index contributed by atoms with van der Waals surface area (Å²) in [5, 5.41) is 18.3. The number of hydrogen-bond donors (Lipinski definition) is 1. The molecule has 0 unspecified atom stereocenters. The van der Waals surface area contributed by atoms with Gasteiger partial charge < -0.3 is 5.11 Å². The normalized spacial score (nSPS) is 16.7. The van der Waals surface area contributed by atoms with Crippen molar-refractivity contribution in [3.05, 3.63) is 46.6 Å². The molecule has 0 fully saturated rings. The van der Waals surface area contributed by atoms with Gasteiger partial charge in [0.05, 0.1) is 12.2 Å². The molecule has 2 heterocycles. The number of carboxylic acid groups (broad SMARTS) is 1. The van der Waals surface area contributed by atoms with Crippen LogP contribution < -0.4 is 0 Å². The summed E-state index contributed by atoms with van der Waals surface area (Å²) in [5.41, 5.74) is 5.59. The molecule has 0 aliphatic heterocycles. The minimum Gasteiger partial charge on any atom is -0.476 e. The van der Waals surface area contributed by atoms with Gasteiger partial charge in [-0.1, -0.05) is 6.08 Å². The van der Waals surface area contributed by atoms with Crippen molar-refractivity contribution in [3.63, 3.8) is 0 Å². The predicted molar refractivity (Wildman–Crippen MR) is 99.3 cm³/mol. The summed E-state index contributed by atoms with van der Waals surface area (Å²) in [5.74, 6) is -0.952. The van der Waals surface area contributed by atoms with Gasteiger partial charge in [-0.05, 0) is 40.2 Å². The molecule has 0 aromatic carbocycles. The highest BCUT2D eigenvalue weighted by atomic mass is 16.4. The van der Waals surface area contributed by atoms with Gasteiger partial charge in [0, 0.05) is 42.1 Å². The zero-order chi connectivity index (χ0) is 19.0. The third-order valence-corrected chi connectivity index (χ3v) is 5.51. The van der Waals surface area contributed by atoms with Gasteiger partial charge in [0.2, 0.25) is 0 Å². The quantitative estimate of drug-likeness (QED) is 0.802. The Hall–Kier alpha value is -2.41. The monoisotopic (exact) mass is 357 g/mol. The van der Waals surface area contributed by atoms with Crippen molar-refractivity contribution in [2.24, 2.45) is 7.05 Å². The van der Waals surface area contributed by atoms with Crippen LogP contribution in [0.1, 0.15) is 45.1 Å². The second-order valence-corrected chi connectivity index (χ2v) is 7.13. The van der Waals surface area contributed by atoms with Crippen LogP contribution >= 0.6 is 0 Å². The molecule has 3 rings (SSSR count). The minimum atomic E-state index is -0.952. The van der Waals surface area contributed by atoms with E-state index in [2.05, 4.69) is 35.6 Å². The number of aryl methyl sites for hydroxylation is 2. The number of likely N-dealkylation sites (N-methyl/N-ethyl adjacent to an activating group) is 1. The molecule has 1 aliphatic rings. The first-order valence-electron chi connectivity index (χ1n) is 8.95. The highest BCUT2D eigenvalue weighted by Crippen LogP contribution is 2.28. The summed E-state index contributed by atoms with van der Waals surface area (Å²) in [6.45, 7) is 9.23. The van der Waals surface area contributed by atoms with E-state index in [9.17, 15) is 9.90 Å². The summed E-state index contributed by atoms with van der Waals surface area (Å²) in [4.78, 5) is 13.9. The lowest BCUT2D eigenvalue weighted by molar-refractivity contribution is 0.0687. The molecule has 0 amide bonds. The van der Waals surface area contributed by atoms with Crippen molar-refractivity contribution in [1.29, 1.82) is 0 Å². The van der Waals surface area contributed by atoms with Crippen molar-refractivity contribution in [2.45, 2.75) is 52.2 Å². The van der Waals surface area contributed by atoms with Gasteiger partial charge in [-0.25, -0.2) is 4.79 Å². The van der Waals surface area contributed by atoms with Crippen molar-refractivity contribution in [3.8, 4) is 0 Å². The second-order valence-electron chi connectivity index (χ2n) is 7.13. The molecular weight excluding hydrogens is 330 g/mol. The molecule has 0 saturated heterocycles. The maximum absolute atomic E-state index is 11.6. The zero-order valence-corrected chi connectivity index (χ0v) is 16.0. The third-order valence-electron chi connectivity index (χ3n) is 5.51. The number of fused-ring (bicyclic) bond motifs is 1. The van der Waals surface area contributed by atoms with Crippen LogP contribution in [-0.2, 0) is 33.0 Å². The van der Waals surface area contributed by atoms with E-state index in [1.165, 1.54) is 11.3 Å². The van der Waals surface area contributed by atoms with E-state index in [1.807, 2.05) is 18.7 Å². The molecule has 1 N–H and O–H groups in total. The van der Waals surface area contributed by atoms with Gasteiger partial charge in [-0.2, -0.15) is 10.2 Å². The standard InChI is InChI=1S/C19H27N5O2/c1-6-9-24-17-8-7-14(10-15(17)18(21-24)19(25)26)22(4)11-16-12(2)20-23(5)13(16)3/h6,14H,1,7-11H2,2-5H3,(H,25,26)/t14-/m0/s1. The van der Waals surface area contributed by atoms with Crippen LogP contribution in [0.25, 0.3) is 0 Å². The topological polar surface area (TPSA) is 76.2 Å². The molecule has 26 heavy (non-hydrogen) atoms. The van der Waals surface area contributed by atoms with E-state index in [-0.39, 0.29) is 5.69 Å². The summed E-state index contributed by atoms with van der Waals surface area (Å²) < 4.78 is 3.71. The van der Waals surface area contributed by atoms with Gasteiger partial charge in [0.25, 0.3) is 0 Å². The van der Waals surface area contributed by atoms with Crippen LogP contribution in [-0.4, -0.2) is 48.6 Å². The Morgan fingerprint density at radius 2 is 2.15 bits per heavy atom. The molecule has 1 atom stereocenters. The van der Waals surface area contributed by atoms with Crippen LogP contribution in [0.15, 0.2) is 12.7 Å². The number of carbonyl (C=O) groups is 1. The summed E-state index contributed by atoms with van der Waals surface area (Å²) >= 11 is 0. The number of aromatic carboxylic acids is 1. The molecule has 0 spiro atoms. The van der Waals surface area contributed by atoms with Crippen LogP contribution in [0.2, 0.25) is 0 Å². The van der Waals surface area contributed by atoms with E-state index >= 15 is 0 Å². The van der Waals surface area contributed by atoms with E-state index in [0.29, 0.717) is 19.0 Å². The Kier molecular flexibility index (Phi) is 5.00. The van der Waals surface area contributed by atoms with E-state index in [4.69, 9.17) is 0 Å². The number of hydrogen-bond acceptors (Lipinski definition) is 4. The average Bonchev–Trinajstić information content (AvgIpc) is 3.07. The average molecular weight is 357 g/mol. The smallest absolute Gasteiger partial charge is 0.356 e. The lowest BCUT2D eigenvalue weighted by atomic mass is 9.90. The van der Waals surface area contributed by atoms with Crippen molar-refractivity contribution >= 4 is 5.97 Å². The molecule has 7 heteroatoms. The fraction of sp³-hybridized carbons (Fsp3) is 0.526. The maximum Gasteiger partial charge on any atom is 0.356 e. The Balaban J connectivity index is 1.83. The number of allylic oxidation sites excluding steroid dienone is 1. The number of aromatic nitrogens is 4. The predicted octanol–water partition coefficient (Wildman–Crippen LogP) is 2.11. The maximum atomic E-state index is 11.6. The first-order chi connectivity index (χ1) is 12.3. The fourth-order valence-electron chi connectivity index (χ4n) is 3.92. The van der Waals surface area contributed by atoms with Crippen molar-refractivity contribution < 1.29 is 9.90 Å². The van der Waals surface area contributed by atoms with E-state index in [0.717, 1.165) is 36.3 Å². The van der Waals surface area contributed by atoms with Gasteiger partial charge in [0.15, 0.2) is 5.69 Å². The van der Waals surface area contributed by atoms with Gasteiger partial charge in [-0.3, -0.25) is 14.3 Å². The SMILES string of the molecule is C=CCn1nc(C(=O)O)c2c1CC[C@H](N(C)Cc1c(C)nn(C)c1C)C2. The number of rotatable bonds is 6. The summed E-state index contributed by atoms with van der Waals surface area (Å²) in [6, 6.07) is 0.293. The van der Waals surface area contributed by atoms with E-state index in [1.54, 1.807) is 10.8 Å². The molecule has 140 valence electrons. The van der Waals surface area contributed by atoms with Gasteiger partial charge in [-0.15, -0.1) is 6.58 Å². The Bertz CT molecular complexity index is 849. The fourth-order valence-corrected chi connectivity index (χ4v) is 3.92. The van der Waals surface area contributed by atoms with E-state index < -0.39 is 5.97 Å². The molecule has 2 aromatic rings. The first-order valence-corrected chi connectivity index (χ1v) is 8.95. The molecule has 0 radical (unpaired) electrons. The van der Waals surface area contributed by atoms with Crippen molar-refractivity contribution in [2.75, 3.05) is 7.05 Å². The van der Waals surface area contributed by atoms with Crippen LogP contribution in [0.3, 0.4) is 0 Å². The first kappa shape index (κ1) is 18.4. The largest absolute Gasteiger partial charge is 0.476 e. The lowest BCUT2D eigenvalue weighted by Gasteiger charge is -2.31. The van der Waals surface area contributed by atoms with Crippen LogP contribution in [0.5, 0.6) is 0 Å². The molecule has 7 nitrogen and oxygen atoms in total. The Morgan fingerprint density at radius 3 is 2.73 bits per heavy atom. The van der Waals surface area contributed by atoms with Crippen LogP contribution in [0.4, 0.5) is 0 Å². The highest BCUT2D eigenvalue weighted by Gasteiger charge is 2.31. The molecule has 0 bridgehead atoms. The highest BCUT2D eigenvalue weighted by molar-refractivity contribution is 5.87. The minimum absolute atomic E-state index is 0.189. The second kappa shape index (κ2) is 7.07. The van der Waals surface area contributed by atoms with Crippen molar-refractivity contribution in [1.82, 2.24) is 24.5 Å². The third kappa shape index (κ3) is 3.19. The molecule has 1 aliphatic carbocycles. The Morgan fingerprint density at radius 1 is 1.42 bits per heavy atom. The number of carboxylic acids is 1. The van der Waals surface area contributed by atoms with Gasteiger partial charge in [0.1, 0.15) is 0 Å². The van der Waals surface area contributed by atoms with Crippen LogP contribution in [0, 0.1) is 13.8 Å². The summed E-state index contributed by atoms with van der Waals surface area (Å²) in [7, 11) is 4.07. The molecule has 2 aromatic heterocycles. The number of nitrogens with zero attached hydrogens (tertiary/aromatic N) is 5. The zero-order valence-electron chi connectivity index (χ0n) is 16.0. The molecule has 0 saturated carbocycles. The lowest BCUT2D eigenvalue weighted by Crippen LogP contribution is -2.36. The van der Waals surface area contributed by atoms with Gasteiger partial charge >= 0.3 is 5.97 Å². The Labute approximate surface area is 153 Å².